The predicted octanol–water partition coefficient (Wildman–Crippen LogP) is 4.50. The van der Waals surface area contributed by atoms with Crippen molar-refractivity contribution in [2.75, 3.05) is 11.1 Å². The van der Waals surface area contributed by atoms with Gasteiger partial charge in [-0.1, -0.05) is 19.3 Å². The fraction of sp³-hybridized carbons (Fsp3) is 0.444. The molecule has 4 rings (SSSR count). The van der Waals surface area contributed by atoms with Crippen molar-refractivity contribution >= 4 is 28.4 Å². The second-order valence-corrected chi connectivity index (χ2v) is 7.31. The van der Waals surface area contributed by atoms with E-state index >= 15 is 0 Å². The lowest BCUT2D eigenvalue weighted by molar-refractivity contribution is 0.463. The maximum Gasteiger partial charge on any atom is 0.103 e. The zero-order valence-corrected chi connectivity index (χ0v) is 13.4. The smallest absolute Gasteiger partial charge is 0.103 e. The van der Waals surface area contributed by atoms with Gasteiger partial charge in [0.1, 0.15) is 6.07 Å². The van der Waals surface area contributed by atoms with E-state index in [2.05, 4.69) is 28.5 Å². The van der Waals surface area contributed by atoms with Gasteiger partial charge in [-0.25, -0.2) is 0 Å². The van der Waals surface area contributed by atoms with E-state index in [0.29, 0.717) is 11.6 Å². The van der Waals surface area contributed by atoms with Gasteiger partial charge in [0.2, 0.25) is 0 Å². The summed E-state index contributed by atoms with van der Waals surface area (Å²) >= 11 is 1.91. The molecule has 1 fully saturated rings. The molecule has 0 saturated heterocycles. The van der Waals surface area contributed by atoms with E-state index in [4.69, 9.17) is 0 Å². The summed E-state index contributed by atoms with van der Waals surface area (Å²) in [4.78, 5) is 5.87. The zero-order valence-electron chi connectivity index (χ0n) is 12.6. The minimum absolute atomic E-state index is 0.497. The van der Waals surface area contributed by atoms with Gasteiger partial charge in [-0.15, -0.1) is 11.8 Å². The largest absolute Gasteiger partial charge is 0.381 e. The lowest BCUT2D eigenvalue weighted by Crippen LogP contribution is -2.23. The number of pyridine rings is 1. The van der Waals surface area contributed by atoms with Crippen LogP contribution in [0.15, 0.2) is 23.2 Å². The number of rotatable bonds is 2. The van der Waals surface area contributed by atoms with Crippen LogP contribution in [0.3, 0.4) is 0 Å². The summed E-state index contributed by atoms with van der Waals surface area (Å²) in [5, 5.41) is 14.4. The Balaban J connectivity index is 1.86. The molecule has 1 aliphatic carbocycles. The molecule has 22 heavy (non-hydrogen) atoms. The van der Waals surface area contributed by atoms with Gasteiger partial charge in [0, 0.05) is 28.3 Å². The molecular formula is C18H19N3S. The quantitative estimate of drug-likeness (QED) is 0.887. The Bertz CT molecular complexity index is 757. The molecule has 0 bridgehead atoms. The molecule has 1 aromatic heterocycles. The Morgan fingerprint density at radius 1 is 1.23 bits per heavy atom. The first-order valence-corrected chi connectivity index (χ1v) is 9.09. The molecule has 2 aliphatic rings. The van der Waals surface area contributed by atoms with Gasteiger partial charge >= 0.3 is 0 Å². The number of aromatic nitrogens is 1. The summed E-state index contributed by atoms with van der Waals surface area (Å²) in [5.41, 5.74) is 4.10. The van der Waals surface area contributed by atoms with E-state index in [1.807, 2.05) is 11.8 Å². The minimum atomic E-state index is 0.497. The lowest BCUT2D eigenvalue weighted by atomic mass is 9.94. The van der Waals surface area contributed by atoms with Crippen LogP contribution in [0.1, 0.15) is 43.2 Å². The number of hydrogen-bond acceptors (Lipinski definition) is 4. The Morgan fingerprint density at radius 3 is 2.91 bits per heavy atom. The fourth-order valence-corrected chi connectivity index (χ4v) is 4.74. The third-order valence-electron chi connectivity index (χ3n) is 4.78. The van der Waals surface area contributed by atoms with Crippen LogP contribution in [0.2, 0.25) is 0 Å². The van der Waals surface area contributed by atoms with Gasteiger partial charge in [-0.3, -0.25) is 4.98 Å². The van der Waals surface area contributed by atoms with Crippen LogP contribution < -0.4 is 5.32 Å². The van der Waals surface area contributed by atoms with Crippen LogP contribution in [0, 0.1) is 11.3 Å². The van der Waals surface area contributed by atoms with Crippen molar-refractivity contribution in [1.29, 1.82) is 5.26 Å². The summed E-state index contributed by atoms with van der Waals surface area (Å²) in [7, 11) is 0. The molecular weight excluding hydrogens is 290 g/mol. The van der Waals surface area contributed by atoms with Gasteiger partial charge < -0.3 is 5.32 Å². The number of nitrogens with zero attached hydrogens (tertiary/aromatic N) is 2. The van der Waals surface area contributed by atoms with Crippen LogP contribution in [-0.4, -0.2) is 16.8 Å². The summed E-state index contributed by atoms with van der Waals surface area (Å²) in [5.74, 6) is 1.13. The normalized spacial score (nSPS) is 18.1. The van der Waals surface area contributed by atoms with Gasteiger partial charge in [-0.2, -0.15) is 5.26 Å². The standard InChI is InChI=1S/C18H19N3S/c19-10-12-11-20-15-6-7-16-14(8-9-22-16)17(15)18(12)21-13-4-2-1-3-5-13/h6-7,11,13H,1-5,8-9H2,(H,20,21). The summed E-state index contributed by atoms with van der Waals surface area (Å²) in [6, 6.07) is 7.11. The minimum Gasteiger partial charge on any atom is -0.381 e. The molecule has 0 spiro atoms. The highest BCUT2D eigenvalue weighted by Crippen LogP contribution is 2.40. The number of aryl methyl sites for hydroxylation is 1. The first kappa shape index (κ1) is 13.9. The summed E-state index contributed by atoms with van der Waals surface area (Å²) in [6.07, 6.45) is 9.13. The SMILES string of the molecule is N#Cc1cnc2ccc3c(c2c1NC1CCCCC1)CCS3. The maximum atomic E-state index is 9.52. The highest BCUT2D eigenvalue weighted by molar-refractivity contribution is 7.99. The van der Waals surface area contributed by atoms with Gasteiger partial charge in [0.05, 0.1) is 16.8 Å². The van der Waals surface area contributed by atoms with Gasteiger partial charge in [0.25, 0.3) is 0 Å². The average molecular weight is 309 g/mol. The van der Waals surface area contributed by atoms with Crippen LogP contribution in [0.25, 0.3) is 10.9 Å². The number of fused-ring (bicyclic) bond motifs is 3. The molecule has 1 N–H and O–H groups in total. The van der Waals surface area contributed by atoms with Crippen LogP contribution in [-0.2, 0) is 6.42 Å². The van der Waals surface area contributed by atoms with Gasteiger partial charge in [-0.05, 0) is 37.0 Å². The Hall–Kier alpha value is -1.73. The summed E-state index contributed by atoms with van der Waals surface area (Å²) in [6.45, 7) is 0. The third kappa shape index (κ3) is 2.34. The maximum absolute atomic E-state index is 9.52. The Morgan fingerprint density at radius 2 is 2.09 bits per heavy atom. The average Bonchev–Trinajstić information content (AvgIpc) is 3.04. The van der Waals surface area contributed by atoms with Crippen molar-refractivity contribution in [1.82, 2.24) is 4.98 Å². The predicted molar refractivity (Wildman–Crippen MR) is 91.4 cm³/mol. The molecule has 0 unspecified atom stereocenters. The van der Waals surface area contributed by atoms with Crippen molar-refractivity contribution in [3.8, 4) is 6.07 Å². The molecule has 0 amide bonds. The van der Waals surface area contributed by atoms with E-state index in [9.17, 15) is 5.26 Å². The first-order chi connectivity index (χ1) is 10.9. The molecule has 4 heteroatoms. The molecule has 3 nitrogen and oxygen atoms in total. The van der Waals surface area contributed by atoms with E-state index in [0.717, 1.165) is 23.4 Å². The zero-order chi connectivity index (χ0) is 14.9. The van der Waals surface area contributed by atoms with E-state index in [1.165, 1.54) is 47.9 Å². The molecule has 1 saturated carbocycles. The number of anilines is 1. The second kappa shape index (κ2) is 5.81. The highest BCUT2D eigenvalue weighted by Gasteiger charge is 2.22. The van der Waals surface area contributed by atoms with Crippen molar-refractivity contribution in [3.63, 3.8) is 0 Å². The van der Waals surface area contributed by atoms with Crippen molar-refractivity contribution in [2.45, 2.75) is 49.5 Å². The second-order valence-electron chi connectivity index (χ2n) is 6.17. The van der Waals surface area contributed by atoms with E-state index in [-0.39, 0.29) is 0 Å². The highest BCUT2D eigenvalue weighted by atomic mass is 32.2. The lowest BCUT2D eigenvalue weighted by Gasteiger charge is -2.25. The third-order valence-corrected chi connectivity index (χ3v) is 5.89. The molecule has 2 aromatic rings. The van der Waals surface area contributed by atoms with Gasteiger partial charge in [0.15, 0.2) is 0 Å². The molecule has 2 heterocycles. The molecule has 0 atom stereocenters. The van der Waals surface area contributed by atoms with Crippen molar-refractivity contribution in [3.05, 3.63) is 29.5 Å². The Kier molecular flexibility index (Phi) is 3.67. The van der Waals surface area contributed by atoms with Crippen LogP contribution in [0.5, 0.6) is 0 Å². The number of hydrogen-bond donors (Lipinski definition) is 1. The molecule has 0 radical (unpaired) electrons. The summed E-state index contributed by atoms with van der Waals surface area (Å²) < 4.78 is 0. The number of benzene rings is 1. The number of nitrogens with one attached hydrogen (secondary N) is 1. The van der Waals surface area contributed by atoms with Crippen molar-refractivity contribution in [2.24, 2.45) is 0 Å². The molecule has 1 aromatic carbocycles. The van der Waals surface area contributed by atoms with Crippen LogP contribution in [0.4, 0.5) is 5.69 Å². The number of thioether (sulfide) groups is 1. The fourth-order valence-electron chi connectivity index (χ4n) is 3.67. The topological polar surface area (TPSA) is 48.7 Å². The molecule has 112 valence electrons. The first-order valence-electron chi connectivity index (χ1n) is 8.11. The van der Waals surface area contributed by atoms with E-state index < -0.39 is 0 Å². The number of nitriles is 1. The van der Waals surface area contributed by atoms with Crippen molar-refractivity contribution < 1.29 is 0 Å². The Labute approximate surface area is 135 Å². The monoisotopic (exact) mass is 309 g/mol. The van der Waals surface area contributed by atoms with Crippen LogP contribution >= 0.6 is 11.8 Å². The van der Waals surface area contributed by atoms with E-state index in [1.54, 1.807) is 6.20 Å². The molecule has 1 aliphatic heterocycles.